The fourth-order valence-corrected chi connectivity index (χ4v) is 2.87. The molecule has 0 radical (unpaired) electrons. The lowest BCUT2D eigenvalue weighted by atomic mass is 9.94. The van der Waals surface area contributed by atoms with Gasteiger partial charge in [0, 0.05) is 30.9 Å². The second-order valence-electron chi connectivity index (χ2n) is 5.45. The molecule has 3 rings (SSSR count). The van der Waals surface area contributed by atoms with E-state index in [1.54, 1.807) is 6.07 Å². The predicted octanol–water partition coefficient (Wildman–Crippen LogP) is 2.14. The van der Waals surface area contributed by atoms with Crippen molar-refractivity contribution in [2.75, 3.05) is 23.7 Å². The van der Waals surface area contributed by atoms with Crippen LogP contribution in [0.2, 0.25) is 0 Å². The van der Waals surface area contributed by atoms with Gasteiger partial charge in [0.15, 0.2) is 0 Å². The molecule has 0 saturated carbocycles. The monoisotopic (exact) mass is 298 g/mol. The molecule has 1 fully saturated rings. The number of anilines is 2. The van der Waals surface area contributed by atoms with E-state index in [9.17, 15) is 4.79 Å². The quantitative estimate of drug-likeness (QED) is 0.902. The van der Waals surface area contributed by atoms with Crippen molar-refractivity contribution >= 4 is 17.6 Å². The van der Waals surface area contributed by atoms with Crippen LogP contribution < -0.4 is 10.6 Å². The van der Waals surface area contributed by atoms with Gasteiger partial charge < -0.3 is 15.7 Å². The number of hydrogen-bond donors (Lipinski definition) is 2. The van der Waals surface area contributed by atoms with Gasteiger partial charge in [-0.2, -0.15) is 0 Å². The number of piperidine rings is 1. The van der Waals surface area contributed by atoms with Crippen molar-refractivity contribution in [2.24, 2.45) is 0 Å². The third-order valence-electron chi connectivity index (χ3n) is 3.99. The van der Waals surface area contributed by atoms with E-state index in [0.29, 0.717) is 5.92 Å². The number of rotatable bonds is 3. The maximum Gasteiger partial charge on any atom is 0.339 e. The van der Waals surface area contributed by atoms with Gasteiger partial charge in [-0.05, 0) is 37.1 Å². The molecule has 1 aliphatic heterocycles. The van der Waals surface area contributed by atoms with Crippen LogP contribution in [-0.4, -0.2) is 34.1 Å². The lowest BCUT2D eigenvalue weighted by Crippen LogP contribution is -2.35. The summed E-state index contributed by atoms with van der Waals surface area (Å²) in [5, 5.41) is 9.02. The van der Waals surface area contributed by atoms with Gasteiger partial charge in [-0.25, -0.2) is 9.78 Å². The van der Waals surface area contributed by atoms with E-state index in [-0.39, 0.29) is 11.4 Å². The summed E-state index contributed by atoms with van der Waals surface area (Å²) < 4.78 is 0. The van der Waals surface area contributed by atoms with E-state index < -0.39 is 5.97 Å². The first-order chi connectivity index (χ1) is 10.6. The molecule has 22 heavy (non-hydrogen) atoms. The minimum absolute atomic E-state index is 0.0436. The maximum atomic E-state index is 11.0. The second kappa shape index (κ2) is 6.01. The van der Waals surface area contributed by atoms with Crippen molar-refractivity contribution in [3.8, 4) is 0 Å². The first kappa shape index (κ1) is 14.3. The molecule has 0 aromatic carbocycles. The molecule has 0 bridgehead atoms. The number of nitrogen functional groups attached to an aromatic ring is 1. The zero-order valence-corrected chi connectivity index (χ0v) is 12.1. The summed E-state index contributed by atoms with van der Waals surface area (Å²) in [7, 11) is 0. The number of hydrogen-bond acceptors (Lipinski definition) is 5. The van der Waals surface area contributed by atoms with Gasteiger partial charge >= 0.3 is 5.97 Å². The van der Waals surface area contributed by atoms with Crippen LogP contribution in [0.15, 0.2) is 36.5 Å². The number of carboxylic acids is 1. The molecule has 3 N–H and O–H groups in total. The lowest BCUT2D eigenvalue weighted by molar-refractivity contribution is 0.0697. The Morgan fingerprint density at radius 1 is 1.32 bits per heavy atom. The van der Waals surface area contributed by atoms with Crippen LogP contribution in [0.25, 0.3) is 0 Å². The Morgan fingerprint density at radius 2 is 2.18 bits per heavy atom. The summed E-state index contributed by atoms with van der Waals surface area (Å²) in [5.74, 6) is 0.0896. The molecule has 3 heterocycles. The Balaban J connectivity index is 1.80. The van der Waals surface area contributed by atoms with Crippen molar-refractivity contribution in [1.82, 2.24) is 9.97 Å². The highest BCUT2D eigenvalue weighted by Crippen LogP contribution is 2.28. The van der Waals surface area contributed by atoms with Gasteiger partial charge in [0.2, 0.25) is 0 Å². The minimum atomic E-state index is -1.05. The summed E-state index contributed by atoms with van der Waals surface area (Å²) in [6.07, 6.45) is 3.95. The fraction of sp³-hybridized carbons (Fsp3) is 0.312. The van der Waals surface area contributed by atoms with Crippen LogP contribution in [-0.2, 0) is 0 Å². The molecule has 6 nitrogen and oxygen atoms in total. The molecule has 6 heteroatoms. The molecule has 1 aliphatic rings. The first-order valence-corrected chi connectivity index (χ1v) is 7.31. The number of nitrogens with two attached hydrogens (primary N) is 1. The highest BCUT2D eigenvalue weighted by molar-refractivity contribution is 5.92. The molecular weight excluding hydrogens is 280 g/mol. The molecule has 1 saturated heterocycles. The largest absolute Gasteiger partial charge is 0.478 e. The van der Waals surface area contributed by atoms with Gasteiger partial charge in [0.25, 0.3) is 0 Å². The molecule has 0 spiro atoms. The molecule has 1 atom stereocenters. The van der Waals surface area contributed by atoms with Crippen molar-refractivity contribution in [3.63, 3.8) is 0 Å². The average Bonchev–Trinajstić information content (AvgIpc) is 2.55. The van der Waals surface area contributed by atoms with Crippen molar-refractivity contribution < 1.29 is 9.90 Å². The smallest absolute Gasteiger partial charge is 0.339 e. The van der Waals surface area contributed by atoms with E-state index in [0.717, 1.165) is 37.4 Å². The lowest BCUT2D eigenvalue weighted by Gasteiger charge is -2.33. The number of aromatic carboxylic acids is 1. The van der Waals surface area contributed by atoms with Crippen LogP contribution in [0.4, 0.5) is 11.6 Å². The Morgan fingerprint density at radius 3 is 2.86 bits per heavy atom. The predicted molar refractivity (Wildman–Crippen MR) is 84.0 cm³/mol. The fourth-order valence-electron chi connectivity index (χ4n) is 2.87. The SMILES string of the molecule is Nc1nc(N2CCCC(c3ccccn3)C2)ccc1C(=O)O. The topological polar surface area (TPSA) is 92.3 Å². The standard InChI is InChI=1S/C16H18N4O2/c17-15-12(16(21)22)6-7-14(19-15)20-9-3-4-11(10-20)13-5-1-2-8-18-13/h1-2,5-8,11H,3-4,9-10H2,(H2,17,19)(H,21,22). The number of carbonyl (C=O) groups is 1. The summed E-state index contributed by atoms with van der Waals surface area (Å²) in [6.45, 7) is 1.71. The highest BCUT2D eigenvalue weighted by Gasteiger charge is 2.23. The number of aromatic nitrogens is 2. The molecule has 114 valence electrons. The number of carboxylic acid groups (broad SMARTS) is 1. The van der Waals surface area contributed by atoms with E-state index in [1.165, 1.54) is 6.07 Å². The van der Waals surface area contributed by atoms with Crippen molar-refractivity contribution in [3.05, 3.63) is 47.8 Å². The summed E-state index contributed by atoms with van der Waals surface area (Å²) in [6, 6.07) is 9.20. The summed E-state index contributed by atoms with van der Waals surface area (Å²) in [4.78, 5) is 21.8. The van der Waals surface area contributed by atoms with Gasteiger partial charge in [0.1, 0.15) is 17.2 Å². The van der Waals surface area contributed by atoms with E-state index in [1.807, 2.05) is 24.4 Å². The second-order valence-corrected chi connectivity index (χ2v) is 5.45. The van der Waals surface area contributed by atoms with Gasteiger partial charge in [-0.3, -0.25) is 4.98 Å². The zero-order valence-electron chi connectivity index (χ0n) is 12.1. The summed E-state index contributed by atoms with van der Waals surface area (Å²) in [5.41, 5.74) is 6.87. The van der Waals surface area contributed by atoms with E-state index in [2.05, 4.69) is 14.9 Å². The van der Waals surface area contributed by atoms with Gasteiger partial charge in [-0.1, -0.05) is 6.07 Å². The Kier molecular flexibility index (Phi) is 3.91. The number of nitrogens with zero attached hydrogens (tertiary/aromatic N) is 3. The first-order valence-electron chi connectivity index (χ1n) is 7.31. The van der Waals surface area contributed by atoms with Gasteiger partial charge in [0.05, 0.1) is 0 Å². The Labute approximate surface area is 128 Å². The third kappa shape index (κ3) is 2.86. The highest BCUT2D eigenvalue weighted by atomic mass is 16.4. The van der Waals surface area contributed by atoms with Crippen molar-refractivity contribution in [2.45, 2.75) is 18.8 Å². The van der Waals surface area contributed by atoms with E-state index >= 15 is 0 Å². The third-order valence-corrected chi connectivity index (χ3v) is 3.99. The number of pyridine rings is 2. The molecule has 2 aromatic rings. The van der Waals surface area contributed by atoms with Gasteiger partial charge in [-0.15, -0.1) is 0 Å². The Hall–Kier alpha value is -2.63. The molecule has 1 unspecified atom stereocenters. The average molecular weight is 298 g/mol. The normalized spacial score (nSPS) is 18.2. The summed E-state index contributed by atoms with van der Waals surface area (Å²) >= 11 is 0. The molecule has 0 amide bonds. The minimum Gasteiger partial charge on any atom is -0.478 e. The zero-order chi connectivity index (χ0) is 15.5. The van der Waals surface area contributed by atoms with Crippen LogP contribution in [0.3, 0.4) is 0 Å². The molecule has 2 aromatic heterocycles. The van der Waals surface area contributed by atoms with Crippen molar-refractivity contribution in [1.29, 1.82) is 0 Å². The van der Waals surface area contributed by atoms with Crippen LogP contribution in [0, 0.1) is 0 Å². The Bertz CT molecular complexity index is 675. The van der Waals surface area contributed by atoms with Crippen LogP contribution >= 0.6 is 0 Å². The van der Waals surface area contributed by atoms with Crippen LogP contribution in [0.1, 0.15) is 34.8 Å². The molecular formula is C16H18N4O2. The van der Waals surface area contributed by atoms with Crippen LogP contribution in [0.5, 0.6) is 0 Å². The molecule has 0 aliphatic carbocycles. The maximum absolute atomic E-state index is 11.0. The van der Waals surface area contributed by atoms with E-state index in [4.69, 9.17) is 10.8 Å².